The summed E-state index contributed by atoms with van der Waals surface area (Å²) < 4.78 is 3.40. The third-order valence-electron chi connectivity index (χ3n) is 3.83. The van der Waals surface area contributed by atoms with E-state index < -0.39 is 0 Å². The first kappa shape index (κ1) is 15.0. The Morgan fingerprint density at radius 3 is 2.17 bits per heavy atom. The Bertz CT molecular complexity index is 872. The molecule has 0 saturated heterocycles. The highest BCUT2D eigenvalue weighted by Gasteiger charge is 2.16. The number of hydrogen-bond donors (Lipinski definition) is 1. The van der Waals surface area contributed by atoms with Crippen molar-refractivity contribution >= 4 is 17.2 Å². The molecular formula is C16H19N7. The van der Waals surface area contributed by atoms with Crippen molar-refractivity contribution in [2.45, 2.75) is 13.8 Å². The van der Waals surface area contributed by atoms with Gasteiger partial charge in [0.1, 0.15) is 17.2 Å². The van der Waals surface area contributed by atoms with E-state index in [9.17, 15) is 0 Å². The molecule has 0 aliphatic carbocycles. The smallest absolute Gasteiger partial charge is 0.155 e. The van der Waals surface area contributed by atoms with Crippen LogP contribution < -0.4 is 5.73 Å². The van der Waals surface area contributed by atoms with Crippen LogP contribution >= 0.6 is 0 Å². The Morgan fingerprint density at radius 2 is 1.57 bits per heavy atom. The van der Waals surface area contributed by atoms with E-state index in [1.165, 1.54) is 0 Å². The summed E-state index contributed by atoms with van der Waals surface area (Å²) in [6.07, 6.45) is 0. The molecule has 0 saturated carbocycles. The highest BCUT2D eigenvalue weighted by Crippen LogP contribution is 2.36. The predicted molar refractivity (Wildman–Crippen MR) is 89.9 cm³/mol. The second kappa shape index (κ2) is 5.68. The molecule has 3 aromatic rings. The van der Waals surface area contributed by atoms with Gasteiger partial charge in [0, 0.05) is 19.7 Å². The first-order valence-electron chi connectivity index (χ1n) is 7.29. The van der Waals surface area contributed by atoms with Gasteiger partial charge in [-0.2, -0.15) is 10.2 Å². The van der Waals surface area contributed by atoms with Crippen LogP contribution in [0.2, 0.25) is 0 Å². The van der Waals surface area contributed by atoms with Crippen molar-refractivity contribution in [1.29, 1.82) is 0 Å². The van der Waals surface area contributed by atoms with Crippen LogP contribution in [0.5, 0.6) is 0 Å². The van der Waals surface area contributed by atoms with Gasteiger partial charge in [-0.25, -0.2) is 0 Å². The lowest BCUT2D eigenvalue weighted by Crippen LogP contribution is -1.96. The molecule has 0 aliphatic heterocycles. The molecule has 7 heteroatoms. The molecule has 7 nitrogen and oxygen atoms in total. The van der Waals surface area contributed by atoms with E-state index in [0.29, 0.717) is 17.2 Å². The number of benzene rings is 1. The minimum atomic E-state index is 0.479. The van der Waals surface area contributed by atoms with E-state index in [4.69, 9.17) is 5.73 Å². The second-order valence-corrected chi connectivity index (χ2v) is 5.42. The van der Waals surface area contributed by atoms with Crippen molar-refractivity contribution < 1.29 is 0 Å². The molecule has 0 spiro atoms. The summed E-state index contributed by atoms with van der Waals surface area (Å²) in [5.74, 6) is 0.479. The largest absolute Gasteiger partial charge is 0.382 e. The normalized spacial score (nSPS) is 11.5. The van der Waals surface area contributed by atoms with E-state index >= 15 is 0 Å². The highest BCUT2D eigenvalue weighted by atomic mass is 15.3. The van der Waals surface area contributed by atoms with Gasteiger partial charge in [0.2, 0.25) is 0 Å². The van der Waals surface area contributed by atoms with Crippen molar-refractivity contribution in [1.82, 2.24) is 19.6 Å². The summed E-state index contributed by atoms with van der Waals surface area (Å²) in [5.41, 5.74) is 10.9. The number of nitrogens with zero attached hydrogens (tertiary/aromatic N) is 6. The molecule has 0 bridgehead atoms. The van der Waals surface area contributed by atoms with Crippen LogP contribution in [0, 0.1) is 13.8 Å². The van der Waals surface area contributed by atoms with Crippen LogP contribution in [0.3, 0.4) is 0 Å². The Morgan fingerprint density at radius 1 is 0.913 bits per heavy atom. The lowest BCUT2D eigenvalue weighted by atomic mass is 10.1. The topological polar surface area (TPSA) is 86.4 Å². The molecule has 23 heavy (non-hydrogen) atoms. The molecule has 0 fully saturated rings. The Kier molecular flexibility index (Phi) is 3.69. The van der Waals surface area contributed by atoms with Crippen molar-refractivity contribution in [2.24, 2.45) is 24.3 Å². The first-order chi connectivity index (χ1) is 11.0. The summed E-state index contributed by atoms with van der Waals surface area (Å²) in [7, 11) is 3.68. The third kappa shape index (κ3) is 2.61. The quantitative estimate of drug-likeness (QED) is 0.752. The molecule has 2 N–H and O–H groups in total. The van der Waals surface area contributed by atoms with E-state index in [0.717, 1.165) is 22.6 Å². The third-order valence-corrected chi connectivity index (χ3v) is 3.83. The van der Waals surface area contributed by atoms with Crippen molar-refractivity contribution in [3.63, 3.8) is 0 Å². The van der Waals surface area contributed by atoms with Crippen LogP contribution in [-0.2, 0) is 14.1 Å². The maximum Gasteiger partial charge on any atom is 0.155 e. The molecule has 3 rings (SSSR count). The molecule has 118 valence electrons. The van der Waals surface area contributed by atoms with Crippen molar-refractivity contribution in [2.75, 3.05) is 5.73 Å². The van der Waals surface area contributed by atoms with Crippen LogP contribution in [0.25, 0.3) is 11.3 Å². The van der Waals surface area contributed by atoms with Gasteiger partial charge in [-0.1, -0.05) is 30.3 Å². The summed E-state index contributed by atoms with van der Waals surface area (Å²) in [6.45, 7) is 3.87. The van der Waals surface area contributed by atoms with Crippen LogP contribution in [0.4, 0.5) is 17.2 Å². The van der Waals surface area contributed by atoms with Gasteiger partial charge in [0.05, 0.1) is 11.4 Å². The molecule has 0 amide bonds. The van der Waals surface area contributed by atoms with E-state index in [2.05, 4.69) is 20.4 Å². The van der Waals surface area contributed by atoms with Crippen LogP contribution in [0.15, 0.2) is 40.6 Å². The maximum absolute atomic E-state index is 6.11. The van der Waals surface area contributed by atoms with Gasteiger partial charge >= 0.3 is 0 Å². The number of aromatic nitrogens is 4. The highest BCUT2D eigenvalue weighted by molar-refractivity contribution is 5.79. The maximum atomic E-state index is 6.11. The molecule has 2 heterocycles. The zero-order chi connectivity index (χ0) is 16.6. The zero-order valence-corrected chi connectivity index (χ0v) is 13.6. The number of nitrogens with two attached hydrogens (primary N) is 1. The minimum absolute atomic E-state index is 0.479. The average Bonchev–Trinajstić information content (AvgIpc) is 2.96. The minimum Gasteiger partial charge on any atom is -0.382 e. The van der Waals surface area contributed by atoms with Gasteiger partial charge in [-0.3, -0.25) is 9.36 Å². The van der Waals surface area contributed by atoms with Crippen molar-refractivity contribution in [3.05, 3.63) is 41.7 Å². The van der Waals surface area contributed by atoms with E-state index in [-0.39, 0.29) is 0 Å². The number of nitrogen functional groups attached to an aromatic ring is 1. The van der Waals surface area contributed by atoms with Crippen molar-refractivity contribution in [3.8, 4) is 11.3 Å². The summed E-state index contributed by atoms with van der Waals surface area (Å²) in [5, 5.41) is 17.5. The van der Waals surface area contributed by atoms with Crippen LogP contribution in [0.1, 0.15) is 11.4 Å². The molecule has 2 aromatic heterocycles. The first-order valence-corrected chi connectivity index (χ1v) is 7.29. The fraction of sp³-hybridized carbons (Fsp3) is 0.250. The number of aryl methyl sites for hydroxylation is 3. The van der Waals surface area contributed by atoms with Gasteiger partial charge in [-0.05, 0) is 13.8 Å². The Balaban J connectivity index is 2.08. The SMILES string of the molecule is Cc1nn(C)c(C)c1N=Nc1c(-c2ccccc2)nn(C)c1N. The summed E-state index contributed by atoms with van der Waals surface area (Å²) in [6, 6.07) is 9.81. The number of hydrogen-bond acceptors (Lipinski definition) is 5. The number of azo groups is 1. The lowest BCUT2D eigenvalue weighted by molar-refractivity contribution is 0.731. The van der Waals surface area contributed by atoms with Gasteiger partial charge < -0.3 is 5.73 Å². The summed E-state index contributed by atoms with van der Waals surface area (Å²) >= 11 is 0. The number of anilines is 1. The molecule has 0 radical (unpaired) electrons. The van der Waals surface area contributed by atoms with Gasteiger partial charge in [0.15, 0.2) is 5.69 Å². The second-order valence-electron chi connectivity index (χ2n) is 5.42. The molecule has 0 unspecified atom stereocenters. The zero-order valence-electron chi connectivity index (χ0n) is 13.6. The van der Waals surface area contributed by atoms with E-state index in [1.807, 2.05) is 51.2 Å². The predicted octanol–water partition coefficient (Wildman–Crippen LogP) is 3.44. The number of rotatable bonds is 3. The standard InChI is InChI=1S/C16H19N7/c1-10-13(11(2)22(3)20-10)18-19-15-14(21-23(4)16(15)17)12-8-6-5-7-9-12/h5-9H,17H2,1-4H3. The monoisotopic (exact) mass is 309 g/mol. The Labute approximate surface area is 134 Å². The van der Waals surface area contributed by atoms with Gasteiger partial charge in [-0.15, -0.1) is 10.2 Å². The van der Waals surface area contributed by atoms with Gasteiger partial charge in [0.25, 0.3) is 0 Å². The van der Waals surface area contributed by atoms with E-state index in [1.54, 1.807) is 16.4 Å². The fourth-order valence-corrected chi connectivity index (χ4v) is 2.42. The molecule has 0 atom stereocenters. The Hall–Kier alpha value is -2.96. The van der Waals surface area contributed by atoms with Crippen LogP contribution in [-0.4, -0.2) is 19.6 Å². The molecule has 0 aliphatic rings. The fourth-order valence-electron chi connectivity index (χ4n) is 2.42. The molecule has 1 aromatic carbocycles. The average molecular weight is 309 g/mol. The molecular weight excluding hydrogens is 290 g/mol. The lowest BCUT2D eigenvalue weighted by Gasteiger charge is -1.98. The summed E-state index contributed by atoms with van der Waals surface area (Å²) in [4.78, 5) is 0.